The quantitative estimate of drug-likeness (QED) is 0.443. The van der Waals surface area contributed by atoms with Gasteiger partial charge >= 0.3 is 0 Å². The van der Waals surface area contributed by atoms with Crippen LogP contribution in [0.3, 0.4) is 0 Å². The van der Waals surface area contributed by atoms with Crippen LogP contribution in [0.25, 0.3) is 0 Å². The first-order valence-corrected chi connectivity index (χ1v) is 11.3. The molecule has 0 bridgehead atoms. The zero-order valence-corrected chi connectivity index (χ0v) is 18.7. The fourth-order valence-electron chi connectivity index (χ4n) is 3.50. The Kier molecular flexibility index (Phi) is 7.70. The summed E-state index contributed by atoms with van der Waals surface area (Å²) in [6.07, 6.45) is 7.49. The standard InChI is InChI=1S/C20H24BrClN2O2S/c1-25-16-6-3-14(4-7-16)12-24(20-10-19(22)18(21)11-23-20)13-15-5-8-17(9-15)26-27-2/h3-4,6-7,10-11,15,17H,5,8-9,12-13H2,1-2H3. The molecular formula is C20H24BrClN2O2S. The van der Waals surface area contributed by atoms with Gasteiger partial charge in [0.15, 0.2) is 0 Å². The molecule has 0 aliphatic heterocycles. The molecule has 2 atom stereocenters. The lowest BCUT2D eigenvalue weighted by atomic mass is 10.1. The summed E-state index contributed by atoms with van der Waals surface area (Å²) in [5.41, 5.74) is 1.21. The molecule has 3 rings (SSSR count). The van der Waals surface area contributed by atoms with Gasteiger partial charge in [0.2, 0.25) is 0 Å². The third-order valence-electron chi connectivity index (χ3n) is 4.85. The van der Waals surface area contributed by atoms with Gasteiger partial charge in [-0.2, -0.15) is 0 Å². The lowest BCUT2D eigenvalue weighted by molar-refractivity contribution is 0.245. The predicted molar refractivity (Wildman–Crippen MR) is 117 cm³/mol. The molecule has 7 heteroatoms. The van der Waals surface area contributed by atoms with E-state index in [2.05, 4.69) is 37.9 Å². The van der Waals surface area contributed by atoms with Crippen molar-refractivity contribution >= 4 is 45.4 Å². The van der Waals surface area contributed by atoms with Crippen molar-refractivity contribution < 1.29 is 8.92 Å². The summed E-state index contributed by atoms with van der Waals surface area (Å²) < 4.78 is 11.8. The lowest BCUT2D eigenvalue weighted by Gasteiger charge is -2.27. The second-order valence-corrected chi connectivity index (χ2v) is 8.54. The summed E-state index contributed by atoms with van der Waals surface area (Å²) in [4.78, 5) is 6.91. The summed E-state index contributed by atoms with van der Waals surface area (Å²) in [6, 6.07) is 10.1. The van der Waals surface area contributed by atoms with Gasteiger partial charge in [0.1, 0.15) is 11.6 Å². The summed E-state index contributed by atoms with van der Waals surface area (Å²) in [7, 11) is 1.68. The SMILES string of the molecule is COc1ccc(CN(CC2CCC(OSC)C2)c2cc(Cl)c(Br)cn2)cc1. The second kappa shape index (κ2) is 10.0. The highest BCUT2D eigenvalue weighted by Gasteiger charge is 2.27. The van der Waals surface area contributed by atoms with Gasteiger partial charge in [-0.15, -0.1) is 0 Å². The van der Waals surface area contributed by atoms with Crippen molar-refractivity contribution in [2.45, 2.75) is 31.9 Å². The van der Waals surface area contributed by atoms with Gasteiger partial charge in [-0.1, -0.05) is 23.7 Å². The Morgan fingerprint density at radius 3 is 2.74 bits per heavy atom. The summed E-state index contributed by atoms with van der Waals surface area (Å²) in [6.45, 7) is 1.71. The molecule has 1 saturated carbocycles. The number of hydrogen-bond acceptors (Lipinski definition) is 5. The molecule has 4 nitrogen and oxygen atoms in total. The topological polar surface area (TPSA) is 34.6 Å². The molecule has 146 valence electrons. The minimum atomic E-state index is 0.356. The monoisotopic (exact) mass is 470 g/mol. The van der Waals surface area contributed by atoms with Gasteiger partial charge in [-0.05, 0) is 70.8 Å². The number of halogens is 2. The maximum Gasteiger partial charge on any atom is 0.130 e. The lowest BCUT2D eigenvalue weighted by Crippen LogP contribution is -2.29. The van der Waals surface area contributed by atoms with E-state index >= 15 is 0 Å². The average Bonchev–Trinajstić information content (AvgIpc) is 3.11. The molecular weight excluding hydrogens is 448 g/mol. The Balaban J connectivity index is 1.76. The maximum atomic E-state index is 6.33. The zero-order valence-electron chi connectivity index (χ0n) is 15.5. The first-order valence-electron chi connectivity index (χ1n) is 8.97. The van der Waals surface area contributed by atoms with Crippen LogP contribution < -0.4 is 9.64 Å². The Morgan fingerprint density at radius 2 is 2.07 bits per heavy atom. The molecule has 0 saturated heterocycles. The van der Waals surface area contributed by atoms with Crippen LogP contribution in [0.1, 0.15) is 24.8 Å². The fraction of sp³-hybridized carbons (Fsp3) is 0.450. The Bertz CT molecular complexity index is 747. The van der Waals surface area contributed by atoms with E-state index in [9.17, 15) is 0 Å². The van der Waals surface area contributed by atoms with E-state index in [1.807, 2.05) is 24.5 Å². The number of pyridine rings is 1. The highest BCUT2D eigenvalue weighted by atomic mass is 79.9. The normalized spacial score (nSPS) is 19.3. The molecule has 1 aromatic carbocycles. The number of methoxy groups -OCH3 is 1. The minimum Gasteiger partial charge on any atom is -0.497 e. The van der Waals surface area contributed by atoms with Crippen molar-refractivity contribution in [3.8, 4) is 5.75 Å². The highest BCUT2D eigenvalue weighted by Crippen LogP contribution is 2.33. The van der Waals surface area contributed by atoms with Crippen molar-refractivity contribution in [1.82, 2.24) is 4.98 Å². The van der Waals surface area contributed by atoms with Gasteiger partial charge in [-0.3, -0.25) is 0 Å². The van der Waals surface area contributed by atoms with Crippen molar-refractivity contribution in [1.29, 1.82) is 0 Å². The second-order valence-electron chi connectivity index (χ2n) is 6.75. The third kappa shape index (κ3) is 5.76. The van der Waals surface area contributed by atoms with E-state index in [0.717, 1.165) is 42.0 Å². The average molecular weight is 472 g/mol. The first-order chi connectivity index (χ1) is 13.1. The van der Waals surface area contributed by atoms with Crippen LogP contribution >= 0.6 is 39.6 Å². The number of aromatic nitrogens is 1. The van der Waals surface area contributed by atoms with Gasteiger partial charge in [0.05, 0.1) is 22.7 Å². The number of rotatable bonds is 8. The van der Waals surface area contributed by atoms with Gasteiger partial charge in [0.25, 0.3) is 0 Å². The third-order valence-corrected chi connectivity index (χ3v) is 6.49. The van der Waals surface area contributed by atoms with Crippen LogP contribution in [0.15, 0.2) is 41.0 Å². The Hall–Kier alpha value is -0.950. The Morgan fingerprint density at radius 1 is 1.30 bits per heavy atom. The van der Waals surface area contributed by atoms with Crippen LogP contribution in [0.4, 0.5) is 5.82 Å². The maximum absolute atomic E-state index is 6.33. The number of nitrogens with zero attached hydrogens (tertiary/aromatic N) is 2. The molecule has 2 unspecified atom stereocenters. The summed E-state index contributed by atoms with van der Waals surface area (Å²) in [5.74, 6) is 2.35. The van der Waals surface area contributed by atoms with E-state index in [0.29, 0.717) is 17.0 Å². The molecule has 0 N–H and O–H groups in total. The smallest absolute Gasteiger partial charge is 0.130 e. The fourth-order valence-corrected chi connectivity index (χ4v) is 4.31. The van der Waals surface area contributed by atoms with Crippen LogP contribution in [0.5, 0.6) is 5.75 Å². The van der Waals surface area contributed by atoms with Crippen LogP contribution in [-0.4, -0.2) is 31.0 Å². The summed E-state index contributed by atoms with van der Waals surface area (Å²) >= 11 is 11.2. The molecule has 0 amide bonds. The molecule has 1 fully saturated rings. The van der Waals surface area contributed by atoms with Crippen LogP contribution in [-0.2, 0) is 10.7 Å². The van der Waals surface area contributed by atoms with Crippen molar-refractivity contribution in [3.05, 3.63) is 51.6 Å². The van der Waals surface area contributed by atoms with E-state index in [1.54, 1.807) is 13.3 Å². The van der Waals surface area contributed by atoms with Crippen molar-refractivity contribution in [2.75, 3.05) is 24.8 Å². The molecule has 27 heavy (non-hydrogen) atoms. The molecule has 1 heterocycles. The molecule has 0 spiro atoms. The van der Waals surface area contributed by atoms with E-state index in [4.69, 9.17) is 20.5 Å². The molecule has 0 radical (unpaired) electrons. The largest absolute Gasteiger partial charge is 0.497 e. The van der Waals surface area contributed by atoms with Crippen molar-refractivity contribution in [2.24, 2.45) is 5.92 Å². The molecule has 1 aliphatic rings. The molecule has 1 aliphatic carbocycles. The highest BCUT2D eigenvalue weighted by molar-refractivity contribution is 9.10. The molecule has 1 aromatic heterocycles. The van der Waals surface area contributed by atoms with Crippen molar-refractivity contribution in [3.63, 3.8) is 0 Å². The zero-order chi connectivity index (χ0) is 19.2. The van der Waals surface area contributed by atoms with Gasteiger partial charge in [0, 0.05) is 31.6 Å². The minimum absolute atomic E-state index is 0.356. The predicted octanol–water partition coefficient (Wildman–Crippen LogP) is 5.98. The van der Waals surface area contributed by atoms with E-state index < -0.39 is 0 Å². The number of ether oxygens (including phenoxy) is 1. The van der Waals surface area contributed by atoms with Gasteiger partial charge in [-0.25, -0.2) is 4.98 Å². The number of anilines is 1. The first kappa shape index (κ1) is 20.8. The number of hydrogen-bond donors (Lipinski definition) is 0. The van der Waals surface area contributed by atoms with Crippen LogP contribution in [0, 0.1) is 5.92 Å². The summed E-state index contributed by atoms with van der Waals surface area (Å²) in [5, 5.41) is 0.676. The van der Waals surface area contributed by atoms with Gasteiger partial charge < -0.3 is 13.8 Å². The number of benzene rings is 1. The Labute approximate surface area is 178 Å². The van der Waals surface area contributed by atoms with E-state index in [1.165, 1.54) is 24.0 Å². The molecule has 2 aromatic rings. The van der Waals surface area contributed by atoms with E-state index in [-0.39, 0.29) is 0 Å². The van der Waals surface area contributed by atoms with Crippen LogP contribution in [0.2, 0.25) is 5.02 Å².